The highest BCUT2D eigenvalue weighted by Gasteiger charge is 2.27. The Morgan fingerprint density at radius 3 is 2.76 bits per heavy atom. The molecule has 3 rings (SSSR count). The van der Waals surface area contributed by atoms with Gasteiger partial charge in [0.1, 0.15) is 18.7 Å². The van der Waals surface area contributed by atoms with Crippen molar-refractivity contribution in [2.24, 2.45) is 0 Å². The van der Waals surface area contributed by atoms with Gasteiger partial charge in [0, 0.05) is 17.7 Å². The maximum Gasteiger partial charge on any atom is 0.119 e. The minimum absolute atomic E-state index is 0.552. The fraction of sp³-hybridized carbons (Fsp3) is 0.286. The maximum absolute atomic E-state index is 5.73. The molecule has 17 heavy (non-hydrogen) atoms. The van der Waals surface area contributed by atoms with E-state index >= 15 is 0 Å². The van der Waals surface area contributed by atoms with E-state index in [1.54, 1.807) is 6.33 Å². The highest BCUT2D eigenvalue weighted by atomic mass is 16.5. The Balaban J connectivity index is 1.73. The lowest BCUT2D eigenvalue weighted by atomic mass is 10.2. The van der Waals surface area contributed by atoms with Gasteiger partial charge in [-0.3, -0.25) is 0 Å². The molecule has 0 amide bonds. The topological polar surface area (TPSA) is 35.0 Å². The van der Waals surface area contributed by atoms with Crippen LogP contribution in [0, 0.1) is 0 Å². The second kappa shape index (κ2) is 4.53. The van der Waals surface area contributed by atoms with Crippen molar-refractivity contribution < 1.29 is 4.74 Å². The van der Waals surface area contributed by atoms with E-state index in [2.05, 4.69) is 9.97 Å². The van der Waals surface area contributed by atoms with E-state index in [4.69, 9.17) is 4.74 Å². The SMILES string of the molecule is c1ccc(OCc2cncnc2C2CC2)cc1. The van der Waals surface area contributed by atoms with E-state index in [1.807, 2.05) is 36.5 Å². The number of nitrogens with zero attached hydrogens (tertiary/aromatic N) is 2. The van der Waals surface area contributed by atoms with Crippen molar-refractivity contribution in [3.8, 4) is 5.75 Å². The summed E-state index contributed by atoms with van der Waals surface area (Å²) in [5, 5.41) is 0. The number of ether oxygens (including phenoxy) is 1. The molecule has 1 aliphatic rings. The molecule has 1 aliphatic carbocycles. The summed E-state index contributed by atoms with van der Waals surface area (Å²) in [6, 6.07) is 9.84. The number of hydrogen-bond donors (Lipinski definition) is 0. The number of benzene rings is 1. The molecular weight excluding hydrogens is 212 g/mol. The average molecular weight is 226 g/mol. The number of rotatable bonds is 4. The van der Waals surface area contributed by atoms with E-state index in [-0.39, 0.29) is 0 Å². The Morgan fingerprint density at radius 1 is 1.18 bits per heavy atom. The summed E-state index contributed by atoms with van der Waals surface area (Å²) in [6.07, 6.45) is 5.98. The minimum atomic E-state index is 0.552. The molecule has 0 unspecified atom stereocenters. The zero-order chi connectivity index (χ0) is 11.5. The Kier molecular flexibility index (Phi) is 2.74. The zero-order valence-electron chi connectivity index (χ0n) is 9.54. The first-order valence-corrected chi connectivity index (χ1v) is 5.90. The molecule has 0 radical (unpaired) electrons. The quantitative estimate of drug-likeness (QED) is 0.804. The Labute approximate surface area is 100 Å². The second-order valence-electron chi connectivity index (χ2n) is 4.31. The van der Waals surface area contributed by atoms with Gasteiger partial charge in [-0.25, -0.2) is 9.97 Å². The van der Waals surface area contributed by atoms with Crippen LogP contribution in [0.1, 0.15) is 30.0 Å². The lowest BCUT2D eigenvalue weighted by Crippen LogP contribution is -2.02. The highest BCUT2D eigenvalue weighted by molar-refractivity contribution is 5.25. The third kappa shape index (κ3) is 2.44. The normalized spacial score (nSPS) is 14.6. The fourth-order valence-electron chi connectivity index (χ4n) is 1.88. The van der Waals surface area contributed by atoms with Gasteiger partial charge in [0.15, 0.2) is 0 Å². The fourth-order valence-corrected chi connectivity index (χ4v) is 1.88. The summed E-state index contributed by atoms with van der Waals surface area (Å²) >= 11 is 0. The standard InChI is InChI=1S/C14H14N2O/c1-2-4-13(5-3-1)17-9-12-8-15-10-16-14(12)11-6-7-11/h1-5,8,10-11H,6-7,9H2. The largest absolute Gasteiger partial charge is 0.489 e. The molecule has 1 aromatic heterocycles. The first-order chi connectivity index (χ1) is 8.43. The van der Waals surface area contributed by atoms with Crippen LogP contribution in [-0.4, -0.2) is 9.97 Å². The van der Waals surface area contributed by atoms with Crippen molar-refractivity contribution in [2.45, 2.75) is 25.4 Å². The van der Waals surface area contributed by atoms with Gasteiger partial charge in [0.2, 0.25) is 0 Å². The van der Waals surface area contributed by atoms with Crippen molar-refractivity contribution in [2.75, 3.05) is 0 Å². The van der Waals surface area contributed by atoms with Crippen LogP contribution in [-0.2, 0) is 6.61 Å². The molecule has 3 heteroatoms. The van der Waals surface area contributed by atoms with Crippen LogP contribution in [0.3, 0.4) is 0 Å². The summed E-state index contributed by atoms with van der Waals surface area (Å²) in [4.78, 5) is 8.44. The molecule has 0 atom stereocenters. The first kappa shape index (κ1) is 10.3. The molecule has 2 aromatic rings. The number of hydrogen-bond acceptors (Lipinski definition) is 3. The van der Waals surface area contributed by atoms with Crippen LogP contribution >= 0.6 is 0 Å². The van der Waals surface area contributed by atoms with Crippen molar-refractivity contribution in [3.63, 3.8) is 0 Å². The van der Waals surface area contributed by atoms with Crippen LogP contribution in [0.15, 0.2) is 42.9 Å². The van der Waals surface area contributed by atoms with Gasteiger partial charge in [-0.15, -0.1) is 0 Å². The average Bonchev–Trinajstić information content (AvgIpc) is 3.22. The molecule has 0 bridgehead atoms. The smallest absolute Gasteiger partial charge is 0.119 e. The van der Waals surface area contributed by atoms with Crippen molar-refractivity contribution >= 4 is 0 Å². The van der Waals surface area contributed by atoms with Gasteiger partial charge in [0.05, 0.1) is 5.69 Å². The van der Waals surface area contributed by atoms with E-state index in [1.165, 1.54) is 12.8 Å². The van der Waals surface area contributed by atoms with Crippen LogP contribution in [0.2, 0.25) is 0 Å². The molecule has 1 fully saturated rings. The third-order valence-electron chi connectivity index (χ3n) is 2.92. The highest BCUT2D eigenvalue weighted by Crippen LogP contribution is 2.40. The molecule has 1 aromatic carbocycles. The van der Waals surface area contributed by atoms with E-state index < -0.39 is 0 Å². The van der Waals surface area contributed by atoms with Gasteiger partial charge in [-0.2, -0.15) is 0 Å². The second-order valence-corrected chi connectivity index (χ2v) is 4.31. The van der Waals surface area contributed by atoms with Crippen LogP contribution in [0.5, 0.6) is 5.75 Å². The van der Waals surface area contributed by atoms with E-state index in [0.29, 0.717) is 12.5 Å². The summed E-state index contributed by atoms with van der Waals surface area (Å²) in [6.45, 7) is 0.552. The van der Waals surface area contributed by atoms with Crippen LogP contribution in [0.25, 0.3) is 0 Å². The predicted octanol–water partition coefficient (Wildman–Crippen LogP) is 2.93. The van der Waals surface area contributed by atoms with Crippen molar-refractivity contribution in [1.82, 2.24) is 9.97 Å². The van der Waals surface area contributed by atoms with E-state index in [9.17, 15) is 0 Å². The molecule has 0 spiro atoms. The minimum Gasteiger partial charge on any atom is -0.489 e. The molecule has 86 valence electrons. The lowest BCUT2D eigenvalue weighted by Gasteiger charge is -2.08. The van der Waals surface area contributed by atoms with E-state index in [0.717, 1.165) is 17.0 Å². The summed E-state index contributed by atoms with van der Waals surface area (Å²) in [7, 11) is 0. The van der Waals surface area contributed by atoms with Crippen molar-refractivity contribution in [1.29, 1.82) is 0 Å². The molecule has 0 N–H and O–H groups in total. The Morgan fingerprint density at radius 2 is 2.00 bits per heavy atom. The van der Waals surface area contributed by atoms with Gasteiger partial charge in [-0.05, 0) is 25.0 Å². The van der Waals surface area contributed by atoms with Crippen molar-refractivity contribution in [3.05, 3.63) is 54.1 Å². The maximum atomic E-state index is 5.73. The molecule has 0 aliphatic heterocycles. The molecule has 1 heterocycles. The monoisotopic (exact) mass is 226 g/mol. The van der Waals surface area contributed by atoms with Crippen LogP contribution < -0.4 is 4.74 Å². The summed E-state index contributed by atoms with van der Waals surface area (Å²) in [5.41, 5.74) is 2.27. The molecule has 0 saturated heterocycles. The molecular formula is C14H14N2O. The first-order valence-electron chi connectivity index (χ1n) is 5.90. The van der Waals surface area contributed by atoms with Gasteiger partial charge in [-0.1, -0.05) is 18.2 Å². The summed E-state index contributed by atoms with van der Waals surface area (Å²) < 4.78 is 5.73. The third-order valence-corrected chi connectivity index (χ3v) is 2.92. The Bertz CT molecular complexity index is 495. The molecule has 3 nitrogen and oxygen atoms in total. The number of aromatic nitrogens is 2. The Hall–Kier alpha value is -1.90. The predicted molar refractivity (Wildman–Crippen MR) is 64.8 cm³/mol. The summed E-state index contributed by atoms with van der Waals surface area (Å²) in [5.74, 6) is 1.52. The van der Waals surface area contributed by atoms with Gasteiger partial charge >= 0.3 is 0 Å². The molecule has 1 saturated carbocycles. The van der Waals surface area contributed by atoms with Gasteiger partial charge < -0.3 is 4.74 Å². The zero-order valence-corrected chi connectivity index (χ0v) is 9.54. The van der Waals surface area contributed by atoms with Gasteiger partial charge in [0.25, 0.3) is 0 Å². The lowest BCUT2D eigenvalue weighted by molar-refractivity contribution is 0.303. The number of para-hydroxylation sites is 1. The van der Waals surface area contributed by atoms with Crippen LogP contribution in [0.4, 0.5) is 0 Å².